The molecule has 1 amide bonds. The predicted molar refractivity (Wildman–Crippen MR) is 128 cm³/mol. The van der Waals surface area contributed by atoms with Crippen molar-refractivity contribution in [3.05, 3.63) is 39.0 Å². The van der Waals surface area contributed by atoms with Gasteiger partial charge in [-0.3, -0.25) is 14.2 Å². The second kappa shape index (κ2) is 8.44. The van der Waals surface area contributed by atoms with Crippen molar-refractivity contribution in [1.82, 2.24) is 9.55 Å². The molecule has 1 aromatic carbocycles. The van der Waals surface area contributed by atoms with E-state index in [-0.39, 0.29) is 17.5 Å². The van der Waals surface area contributed by atoms with Gasteiger partial charge in [0.05, 0.1) is 10.6 Å². The number of nitrogens with one attached hydrogen (secondary N) is 1. The number of rotatable bonds is 5. The van der Waals surface area contributed by atoms with Crippen molar-refractivity contribution < 1.29 is 14.3 Å². The van der Waals surface area contributed by atoms with Crippen molar-refractivity contribution in [2.75, 3.05) is 18.5 Å². The minimum atomic E-state index is -0.440. The van der Waals surface area contributed by atoms with Crippen molar-refractivity contribution in [2.45, 2.75) is 56.5 Å². The molecule has 0 radical (unpaired) electrons. The zero-order valence-electron chi connectivity index (χ0n) is 18.3. The van der Waals surface area contributed by atoms with E-state index in [1.807, 2.05) is 20.8 Å². The summed E-state index contributed by atoms with van der Waals surface area (Å²) in [6.07, 6.45) is 3.07. The Kier molecular flexibility index (Phi) is 5.63. The highest BCUT2D eigenvalue weighted by molar-refractivity contribution is 8.00. The summed E-state index contributed by atoms with van der Waals surface area (Å²) in [5.41, 5.74) is 1.83. The van der Waals surface area contributed by atoms with E-state index in [0.29, 0.717) is 35.6 Å². The summed E-state index contributed by atoms with van der Waals surface area (Å²) in [5, 5.41) is 3.85. The maximum Gasteiger partial charge on any atom is 0.263 e. The number of aromatic nitrogens is 2. The average molecular weight is 472 g/mol. The van der Waals surface area contributed by atoms with Crippen molar-refractivity contribution in [1.29, 1.82) is 0 Å². The molecular weight excluding hydrogens is 446 g/mol. The summed E-state index contributed by atoms with van der Waals surface area (Å²) in [6.45, 7) is 6.79. The van der Waals surface area contributed by atoms with Crippen molar-refractivity contribution >= 4 is 44.9 Å². The normalized spacial score (nSPS) is 15.8. The maximum absolute atomic E-state index is 13.4. The molecule has 3 heterocycles. The van der Waals surface area contributed by atoms with Crippen LogP contribution in [0.1, 0.15) is 43.7 Å². The van der Waals surface area contributed by atoms with Gasteiger partial charge in [0.15, 0.2) is 16.7 Å². The van der Waals surface area contributed by atoms with Gasteiger partial charge in [-0.1, -0.05) is 11.8 Å². The predicted octanol–water partition coefficient (Wildman–Crippen LogP) is 4.42. The molecule has 2 aromatic heterocycles. The van der Waals surface area contributed by atoms with Gasteiger partial charge in [0.1, 0.15) is 18.0 Å². The number of fused-ring (bicyclic) bond motifs is 4. The van der Waals surface area contributed by atoms with E-state index in [0.717, 1.165) is 29.5 Å². The van der Waals surface area contributed by atoms with E-state index in [4.69, 9.17) is 14.5 Å². The summed E-state index contributed by atoms with van der Waals surface area (Å²) >= 11 is 2.94. The highest BCUT2D eigenvalue weighted by atomic mass is 32.2. The van der Waals surface area contributed by atoms with Gasteiger partial charge in [0.25, 0.3) is 5.56 Å². The van der Waals surface area contributed by atoms with Crippen LogP contribution in [0, 0.1) is 0 Å². The quantitative estimate of drug-likeness (QED) is 0.438. The van der Waals surface area contributed by atoms with Crippen LogP contribution in [0.4, 0.5) is 5.69 Å². The fraction of sp³-hybridized carbons (Fsp3) is 0.435. The number of ether oxygens (including phenoxy) is 2. The number of hydrogen-bond donors (Lipinski definition) is 1. The van der Waals surface area contributed by atoms with Gasteiger partial charge >= 0.3 is 0 Å². The molecule has 7 nitrogen and oxygen atoms in total. The standard InChI is InChI=1S/C23H25N3O4S2/c1-12(2)26-22(28)19-15-5-4-6-18(15)32-21(19)25-23(26)31-13(3)20(27)24-14-7-8-16-17(11-14)30-10-9-29-16/h7-8,11-13H,4-6,9-10H2,1-3H3,(H,24,27)/t13-/m1/s1. The third kappa shape index (κ3) is 3.77. The second-order valence-corrected chi connectivity index (χ2v) is 10.7. The number of carbonyl (C=O) groups is 1. The van der Waals surface area contributed by atoms with Gasteiger partial charge in [-0.05, 0) is 57.7 Å². The minimum Gasteiger partial charge on any atom is -0.486 e. The molecular formula is C23H25N3O4S2. The molecule has 1 atom stereocenters. The molecule has 168 valence electrons. The zero-order valence-corrected chi connectivity index (χ0v) is 19.9. The van der Waals surface area contributed by atoms with E-state index in [1.165, 1.54) is 22.2 Å². The molecule has 32 heavy (non-hydrogen) atoms. The second-order valence-electron chi connectivity index (χ2n) is 8.31. The summed E-state index contributed by atoms with van der Waals surface area (Å²) < 4.78 is 12.9. The molecule has 0 saturated heterocycles. The Morgan fingerprint density at radius 3 is 2.75 bits per heavy atom. The Morgan fingerprint density at radius 1 is 1.19 bits per heavy atom. The maximum atomic E-state index is 13.4. The molecule has 0 unspecified atom stereocenters. The molecule has 9 heteroatoms. The lowest BCUT2D eigenvalue weighted by Gasteiger charge is -2.20. The number of carbonyl (C=O) groups excluding carboxylic acids is 1. The number of hydrogen-bond acceptors (Lipinski definition) is 7. The highest BCUT2D eigenvalue weighted by Crippen LogP contribution is 2.37. The fourth-order valence-electron chi connectivity index (χ4n) is 4.15. The lowest BCUT2D eigenvalue weighted by atomic mass is 10.2. The third-order valence-corrected chi connectivity index (χ3v) is 7.97. The largest absolute Gasteiger partial charge is 0.486 e. The minimum absolute atomic E-state index is 0.00587. The van der Waals surface area contributed by atoms with Gasteiger partial charge in [0.2, 0.25) is 5.91 Å². The van der Waals surface area contributed by atoms with Crippen molar-refractivity contribution in [3.63, 3.8) is 0 Å². The van der Waals surface area contributed by atoms with E-state index >= 15 is 0 Å². The molecule has 0 fully saturated rings. The lowest BCUT2D eigenvalue weighted by Crippen LogP contribution is -2.28. The zero-order chi connectivity index (χ0) is 22.4. The first-order valence-electron chi connectivity index (χ1n) is 10.9. The summed E-state index contributed by atoms with van der Waals surface area (Å²) in [7, 11) is 0. The number of aryl methyl sites for hydroxylation is 2. The van der Waals surface area contributed by atoms with Crippen LogP contribution in [-0.2, 0) is 17.6 Å². The van der Waals surface area contributed by atoms with Crippen LogP contribution in [0.5, 0.6) is 11.5 Å². The smallest absolute Gasteiger partial charge is 0.263 e. The molecule has 3 aromatic rings. The fourth-order valence-corrected chi connectivity index (χ4v) is 6.50. The molecule has 2 aliphatic rings. The Hall–Kier alpha value is -2.52. The van der Waals surface area contributed by atoms with Crippen molar-refractivity contribution in [3.8, 4) is 11.5 Å². The highest BCUT2D eigenvalue weighted by Gasteiger charge is 2.26. The number of thioether (sulfide) groups is 1. The molecule has 1 aliphatic heterocycles. The first kappa shape index (κ1) is 21.3. The van der Waals surface area contributed by atoms with Gasteiger partial charge in [-0.25, -0.2) is 4.98 Å². The molecule has 0 saturated carbocycles. The lowest BCUT2D eigenvalue weighted by molar-refractivity contribution is -0.115. The Morgan fingerprint density at radius 2 is 1.97 bits per heavy atom. The molecule has 1 aliphatic carbocycles. The van der Waals surface area contributed by atoms with Gasteiger partial charge in [0, 0.05) is 22.7 Å². The summed E-state index contributed by atoms with van der Waals surface area (Å²) in [6, 6.07) is 5.31. The number of thiophene rings is 1. The topological polar surface area (TPSA) is 82.5 Å². The summed E-state index contributed by atoms with van der Waals surface area (Å²) in [5.74, 6) is 1.14. The number of amides is 1. The number of nitrogens with zero attached hydrogens (tertiary/aromatic N) is 2. The number of anilines is 1. The first-order chi connectivity index (χ1) is 15.4. The van der Waals surface area contributed by atoms with Crippen LogP contribution >= 0.6 is 23.1 Å². The van der Waals surface area contributed by atoms with Crippen LogP contribution in [0.3, 0.4) is 0 Å². The van der Waals surface area contributed by atoms with Crippen molar-refractivity contribution in [2.24, 2.45) is 0 Å². The average Bonchev–Trinajstić information content (AvgIpc) is 3.34. The van der Waals surface area contributed by atoms with Crippen LogP contribution < -0.4 is 20.3 Å². The monoisotopic (exact) mass is 471 g/mol. The Labute approximate surface area is 194 Å². The number of benzene rings is 1. The first-order valence-corrected chi connectivity index (χ1v) is 12.6. The molecule has 0 bridgehead atoms. The van der Waals surface area contributed by atoms with Gasteiger partial charge in [-0.15, -0.1) is 11.3 Å². The van der Waals surface area contributed by atoms with Crippen LogP contribution in [0.15, 0.2) is 28.2 Å². The van der Waals surface area contributed by atoms with E-state index in [2.05, 4.69) is 5.32 Å². The van der Waals surface area contributed by atoms with Crippen LogP contribution in [-0.4, -0.2) is 33.9 Å². The van der Waals surface area contributed by atoms with E-state index in [1.54, 1.807) is 34.1 Å². The van der Waals surface area contributed by atoms with E-state index in [9.17, 15) is 9.59 Å². The third-order valence-electron chi connectivity index (χ3n) is 5.72. The Bertz CT molecular complexity index is 1260. The molecule has 0 spiro atoms. The van der Waals surface area contributed by atoms with Gasteiger partial charge < -0.3 is 14.8 Å². The Balaban J connectivity index is 1.40. The van der Waals surface area contributed by atoms with E-state index < -0.39 is 5.25 Å². The van der Waals surface area contributed by atoms with Crippen LogP contribution in [0.2, 0.25) is 0 Å². The van der Waals surface area contributed by atoms with Gasteiger partial charge in [-0.2, -0.15) is 0 Å². The SMILES string of the molecule is CC(C)n1c(S[C@H](C)C(=O)Nc2ccc3c(c2)OCCO3)nc2sc3c(c2c1=O)CCC3. The molecule has 1 N–H and O–H groups in total. The van der Waals surface area contributed by atoms with Crippen LogP contribution in [0.25, 0.3) is 10.2 Å². The summed E-state index contributed by atoms with van der Waals surface area (Å²) in [4.78, 5) is 33.2. The molecule has 5 rings (SSSR count).